The third-order valence-corrected chi connectivity index (χ3v) is 6.33. The van der Waals surface area contributed by atoms with Crippen LogP contribution in [0.4, 0.5) is 10.5 Å². The number of aromatic hydroxyl groups is 1. The fourth-order valence-corrected chi connectivity index (χ4v) is 4.26. The van der Waals surface area contributed by atoms with Gasteiger partial charge in [-0.05, 0) is 63.4 Å². The zero-order chi connectivity index (χ0) is 27.3. The average molecular weight is 530 g/mol. The summed E-state index contributed by atoms with van der Waals surface area (Å²) in [6.45, 7) is 7.14. The van der Waals surface area contributed by atoms with E-state index in [1.165, 1.54) is 11.0 Å². The van der Waals surface area contributed by atoms with Gasteiger partial charge in [-0.2, -0.15) is 12.6 Å². The van der Waals surface area contributed by atoms with Gasteiger partial charge in [-0.15, -0.1) is 0 Å². The van der Waals surface area contributed by atoms with Crippen LogP contribution in [0, 0.1) is 5.92 Å². The van der Waals surface area contributed by atoms with Gasteiger partial charge in [0.1, 0.15) is 29.2 Å². The minimum Gasteiger partial charge on any atom is -0.508 e. The summed E-state index contributed by atoms with van der Waals surface area (Å²) < 4.78 is 10.5. The Labute approximate surface area is 222 Å². The topological polar surface area (TPSA) is 117 Å². The molecule has 3 N–H and O–H groups in total. The molecular weight excluding hydrogens is 494 g/mol. The first kappa shape index (κ1) is 28.2. The van der Waals surface area contributed by atoms with Crippen LogP contribution in [0.2, 0.25) is 0 Å². The molecule has 4 atom stereocenters. The first-order valence-corrected chi connectivity index (χ1v) is 12.7. The van der Waals surface area contributed by atoms with Crippen molar-refractivity contribution in [2.45, 2.75) is 57.8 Å². The summed E-state index contributed by atoms with van der Waals surface area (Å²) in [7, 11) is 1.55. The Bertz CT molecular complexity index is 1120. The summed E-state index contributed by atoms with van der Waals surface area (Å²) in [4.78, 5) is 41.6. The molecule has 1 aliphatic rings. The van der Waals surface area contributed by atoms with Crippen molar-refractivity contribution in [2.24, 2.45) is 5.92 Å². The van der Waals surface area contributed by atoms with Gasteiger partial charge >= 0.3 is 6.09 Å². The second-order valence-corrected chi connectivity index (χ2v) is 10.5. The first-order valence-electron chi connectivity index (χ1n) is 12.1. The third-order valence-electron chi connectivity index (χ3n) is 5.97. The number of phenolic OH excluding ortho intramolecular Hbond substituents is 1. The molecule has 4 unspecified atom stereocenters. The van der Waals surface area contributed by atoms with Gasteiger partial charge in [0.2, 0.25) is 5.91 Å². The summed E-state index contributed by atoms with van der Waals surface area (Å²) >= 11 is 4.29. The van der Waals surface area contributed by atoms with E-state index < -0.39 is 35.6 Å². The van der Waals surface area contributed by atoms with Crippen LogP contribution in [0.1, 0.15) is 45.7 Å². The minimum absolute atomic E-state index is 0.0106. The highest BCUT2D eigenvalue weighted by molar-refractivity contribution is 7.80. The zero-order valence-corrected chi connectivity index (χ0v) is 22.6. The number of rotatable bonds is 9. The van der Waals surface area contributed by atoms with E-state index in [2.05, 4.69) is 23.3 Å². The second kappa shape index (κ2) is 11.8. The van der Waals surface area contributed by atoms with Crippen LogP contribution in [-0.2, 0) is 14.3 Å². The molecule has 0 aromatic heterocycles. The molecule has 0 radical (unpaired) electrons. The van der Waals surface area contributed by atoms with Crippen LogP contribution in [0.25, 0.3) is 0 Å². The van der Waals surface area contributed by atoms with Gasteiger partial charge in [0.15, 0.2) is 0 Å². The first-order chi connectivity index (χ1) is 17.4. The maximum Gasteiger partial charge on any atom is 0.408 e. The van der Waals surface area contributed by atoms with Crippen LogP contribution in [0.15, 0.2) is 48.5 Å². The number of carbonyl (C=O) groups is 3. The Morgan fingerprint density at radius 3 is 2.27 bits per heavy atom. The van der Waals surface area contributed by atoms with E-state index >= 15 is 0 Å². The molecule has 0 aliphatic heterocycles. The Morgan fingerprint density at radius 2 is 1.76 bits per heavy atom. The van der Waals surface area contributed by atoms with Crippen molar-refractivity contribution in [3.63, 3.8) is 0 Å². The van der Waals surface area contributed by atoms with Crippen molar-refractivity contribution < 1.29 is 29.0 Å². The third kappa shape index (κ3) is 7.31. The summed E-state index contributed by atoms with van der Waals surface area (Å²) in [5.74, 6) is -0.367. The predicted molar refractivity (Wildman–Crippen MR) is 144 cm³/mol. The lowest BCUT2D eigenvalue weighted by Crippen LogP contribution is -2.54. The number of alkyl carbamates (subject to hydrolysis) is 1. The van der Waals surface area contributed by atoms with Crippen LogP contribution < -0.4 is 15.4 Å². The van der Waals surface area contributed by atoms with Crippen LogP contribution in [0.3, 0.4) is 0 Å². The summed E-state index contributed by atoms with van der Waals surface area (Å²) in [6.07, 6.45) is -0.0809. The van der Waals surface area contributed by atoms with E-state index in [1.807, 2.05) is 6.92 Å². The number of methoxy groups -OCH3 is 1. The quantitative estimate of drug-likeness (QED) is 0.363. The Kier molecular flexibility index (Phi) is 8.96. The van der Waals surface area contributed by atoms with Crippen molar-refractivity contribution in [2.75, 3.05) is 18.2 Å². The number of thiol groups is 1. The van der Waals surface area contributed by atoms with E-state index in [9.17, 15) is 19.5 Å². The molecule has 0 bridgehead atoms. The Hall–Kier alpha value is -3.40. The maximum atomic E-state index is 13.9. The smallest absolute Gasteiger partial charge is 0.408 e. The molecule has 0 spiro atoms. The van der Waals surface area contributed by atoms with Gasteiger partial charge in [0.25, 0.3) is 5.91 Å². The van der Waals surface area contributed by atoms with Gasteiger partial charge in [-0.1, -0.05) is 25.1 Å². The van der Waals surface area contributed by atoms with E-state index in [4.69, 9.17) is 9.47 Å². The highest BCUT2D eigenvalue weighted by Crippen LogP contribution is 2.42. The fraction of sp³-hybridized carbons (Fsp3) is 0.444. The van der Waals surface area contributed by atoms with Crippen LogP contribution >= 0.6 is 12.6 Å². The molecular formula is C27H35N3O6S. The molecule has 37 heavy (non-hydrogen) atoms. The average Bonchev–Trinajstić information content (AvgIpc) is 3.56. The lowest BCUT2D eigenvalue weighted by atomic mass is 10.0. The highest BCUT2D eigenvalue weighted by atomic mass is 32.1. The highest BCUT2D eigenvalue weighted by Gasteiger charge is 2.48. The summed E-state index contributed by atoms with van der Waals surface area (Å²) in [6, 6.07) is 10.7. The van der Waals surface area contributed by atoms with Gasteiger partial charge in [-0.25, -0.2) is 4.79 Å². The molecule has 0 heterocycles. The van der Waals surface area contributed by atoms with Crippen molar-refractivity contribution in [3.8, 4) is 11.5 Å². The van der Waals surface area contributed by atoms with Crippen molar-refractivity contribution in [1.29, 1.82) is 0 Å². The number of nitrogens with zero attached hydrogens (tertiary/aromatic N) is 1. The van der Waals surface area contributed by atoms with E-state index in [0.717, 1.165) is 0 Å². The monoisotopic (exact) mass is 529 g/mol. The molecule has 1 aliphatic carbocycles. The number of para-hydroxylation sites is 1. The number of amides is 3. The maximum absolute atomic E-state index is 13.9. The molecule has 2 aromatic rings. The van der Waals surface area contributed by atoms with Crippen LogP contribution in [-0.4, -0.2) is 58.5 Å². The van der Waals surface area contributed by atoms with Gasteiger partial charge < -0.3 is 30.1 Å². The Morgan fingerprint density at radius 1 is 1.14 bits per heavy atom. The zero-order valence-electron chi connectivity index (χ0n) is 21.7. The number of phenols is 1. The predicted octanol–water partition coefficient (Wildman–Crippen LogP) is 4.14. The van der Waals surface area contributed by atoms with Crippen molar-refractivity contribution in [1.82, 2.24) is 10.2 Å². The number of anilines is 1. The molecule has 200 valence electrons. The van der Waals surface area contributed by atoms with Crippen LogP contribution in [0.5, 0.6) is 11.5 Å². The molecule has 1 saturated carbocycles. The second-order valence-electron chi connectivity index (χ2n) is 10.1. The molecule has 3 rings (SSSR count). The molecule has 2 aromatic carbocycles. The summed E-state index contributed by atoms with van der Waals surface area (Å²) in [5, 5.41) is 16.1. The lowest BCUT2D eigenvalue weighted by molar-refractivity contribution is -0.141. The van der Waals surface area contributed by atoms with Gasteiger partial charge in [0.05, 0.1) is 7.11 Å². The van der Waals surface area contributed by atoms with E-state index in [-0.39, 0.29) is 29.0 Å². The number of carbonyl (C=O) groups excluding carboxylic acids is 3. The van der Waals surface area contributed by atoms with E-state index in [1.54, 1.807) is 70.3 Å². The molecule has 3 amide bonds. The molecule has 0 saturated heterocycles. The van der Waals surface area contributed by atoms with Gasteiger partial charge in [0, 0.05) is 23.0 Å². The molecule has 9 nitrogen and oxygen atoms in total. The number of nitrogens with one attached hydrogen (secondary N) is 2. The standard InChI is InChI=1S/C27H35N3O6S/c1-16-14-21(16)30(25(33)20(15-37)29-26(34)36-27(2,3)4)23(19-8-6-7-9-22(19)31)24(32)28-17-10-12-18(35-5)13-11-17/h6-13,16,20-21,23,31,37H,14-15H2,1-5H3,(H,28,32)(H,29,34). The molecule has 10 heteroatoms. The fourth-order valence-electron chi connectivity index (χ4n) is 4.01. The largest absolute Gasteiger partial charge is 0.508 e. The number of hydrogen-bond acceptors (Lipinski definition) is 7. The number of benzene rings is 2. The van der Waals surface area contributed by atoms with E-state index in [0.29, 0.717) is 17.9 Å². The summed E-state index contributed by atoms with van der Waals surface area (Å²) in [5.41, 5.74) is 0.0199. The molecule has 1 fully saturated rings. The lowest BCUT2D eigenvalue weighted by Gasteiger charge is -2.35. The number of hydrogen-bond donors (Lipinski definition) is 4. The number of ether oxygens (including phenoxy) is 2. The SMILES string of the molecule is COc1ccc(NC(=O)C(c2ccccc2O)N(C(=O)C(CS)NC(=O)OC(C)(C)C)C2CC2C)cc1. The normalized spacial score (nSPS) is 18.2. The Balaban J connectivity index is 1.97. The van der Waals surface area contributed by atoms with Crippen molar-refractivity contribution in [3.05, 3.63) is 54.1 Å². The minimum atomic E-state index is -1.16. The van der Waals surface area contributed by atoms with Crippen molar-refractivity contribution >= 4 is 36.2 Å². The van der Waals surface area contributed by atoms with Gasteiger partial charge in [-0.3, -0.25) is 9.59 Å².